The standard InChI is InChI=1S/C16H15ClNS.ClH/c1-3-18-15(10-11(2)17)19-14-9-8-12-6-4-5-7-13(12)16(14)18;/h4-10H,3H2,1-2H3;1H/q+1;/p-1/b11-10+;. The van der Waals surface area contributed by atoms with E-state index in [2.05, 4.69) is 47.9 Å². The minimum Gasteiger partial charge on any atom is -1.00 e. The van der Waals surface area contributed by atoms with E-state index in [4.69, 9.17) is 11.6 Å². The van der Waals surface area contributed by atoms with Crippen LogP contribution in [0.3, 0.4) is 0 Å². The SMILES string of the molecule is CC[n+]1c(/C=C(\C)Cl)sc2ccc3ccccc3c21.[Cl-]. The van der Waals surface area contributed by atoms with Crippen LogP contribution in [0.15, 0.2) is 41.4 Å². The van der Waals surface area contributed by atoms with Crippen molar-refractivity contribution in [2.45, 2.75) is 20.4 Å². The molecule has 1 nitrogen and oxygen atoms in total. The lowest BCUT2D eigenvalue weighted by Gasteiger charge is -1.97. The maximum absolute atomic E-state index is 6.04. The van der Waals surface area contributed by atoms with E-state index in [1.54, 1.807) is 11.3 Å². The highest BCUT2D eigenvalue weighted by Gasteiger charge is 2.19. The largest absolute Gasteiger partial charge is 1.00 e. The number of halogens is 2. The summed E-state index contributed by atoms with van der Waals surface area (Å²) in [6, 6.07) is 12.9. The highest BCUT2D eigenvalue weighted by Crippen LogP contribution is 2.29. The molecule has 0 bridgehead atoms. The van der Waals surface area contributed by atoms with Gasteiger partial charge in [0.05, 0.1) is 5.39 Å². The lowest BCUT2D eigenvalue weighted by molar-refractivity contribution is -0.664. The zero-order valence-electron chi connectivity index (χ0n) is 11.4. The molecule has 0 aliphatic heterocycles. The van der Waals surface area contributed by atoms with Crippen molar-refractivity contribution >= 4 is 50.0 Å². The topological polar surface area (TPSA) is 3.88 Å². The average molecular weight is 324 g/mol. The molecule has 3 aromatic rings. The molecule has 0 aliphatic rings. The van der Waals surface area contributed by atoms with Gasteiger partial charge >= 0.3 is 0 Å². The predicted molar refractivity (Wildman–Crippen MR) is 84.7 cm³/mol. The summed E-state index contributed by atoms with van der Waals surface area (Å²) in [5, 5.41) is 4.62. The second kappa shape index (κ2) is 6.13. The lowest BCUT2D eigenvalue weighted by atomic mass is 10.1. The Morgan fingerprint density at radius 1 is 1.25 bits per heavy atom. The molecule has 0 N–H and O–H groups in total. The second-order valence-electron chi connectivity index (χ2n) is 4.55. The van der Waals surface area contributed by atoms with E-state index in [-0.39, 0.29) is 12.4 Å². The first-order valence-corrected chi connectivity index (χ1v) is 7.58. The van der Waals surface area contributed by atoms with Gasteiger partial charge in [0.1, 0.15) is 11.2 Å². The Kier molecular flexibility index (Phi) is 4.69. The van der Waals surface area contributed by atoms with E-state index >= 15 is 0 Å². The third-order valence-corrected chi connectivity index (χ3v) is 4.46. The summed E-state index contributed by atoms with van der Waals surface area (Å²) < 4.78 is 3.65. The van der Waals surface area contributed by atoms with Crippen molar-refractivity contribution in [2.24, 2.45) is 0 Å². The molecule has 0 aliphatic carbocycles. The first-order valence-electron chi connectivity index (χ1n) is 6.38. The van der Waals surface area contributed by atoms with Crippen LogP contribution in [0.4, 0.5) is 0 Å². The second-order valence-corrected chi connectivity index (χ2v) is 6.21. The first-order chi connectivity index (χ1) is 9.20. The molecule has 1 aromatic heterocycles. The number of hydrogen-bond donors (Lipinski definition) is 0. The molecule has 0 atom stereocenters. The minimum absolute atomic E-state index is 0. The maximum Gasteiger partial charge on any atom is 0.263 e. The molecule has 104 valence electrons. The number of hydrogen-bond acceptors (Lipinski definition) is 1. The smallest absolute Gasteiger partial charge is 0.263 e. The molecular formula is C16H15Cl2NS. The highest BCUT2D eigenvalue weighted by atomic mass is 35.5. The average Bonchev–Trinajstić information content (AvgIpc) is 2.75. The van der Waals surface area contributed by atoms with Gasteiger partial charge in [-0.3, -0.25) is 0 Å². The number of aromatic nitrogens is 1. The summed E-state index contributed by atoms with van der Waals surface area (Å²) in [4.78, 5) is 0. The fourth-order valence-electron chi connectivity index (χ4n) is 2.47. The molecule has 4 heteroatoms. The highest BCUT2D eigenvalue weighted by molar-refractivity contribution is 7.19. The molecule has 2 aromatic carbocycles. The van der Waals surface area contributed by atoms with Gasteiger partial charge in [-0.25, -0.2) is 0 Å². The van der Waals surface area contributed by atoms with Crippen LogP contribution in [0.5, 0.6) is 0 Å². The Bertz CT molecular complexity index is 786. The molecule has 0 saturated heterocycles. The Balaban J connectivity index is 0.00000147. The summed E-state index contributed by atoms with van der Waals surface area (Å²) in [6.45, 7) is 5.04. The number of fused-ring (bicyclic) bond motifs is 3. The van der Waals surface area contributed by atoms with Crippen LogP contribution in [0.1, 0.15) is 18.9 Å². The van der Waals surface area contributed by atoms with Crippen molar-refractivity contribution in [3.8, 4) is 0 Å². The van der Waals surface area contributed by atoms with Gasteiger partial charge in [0.2, 0.25) is 5.52 Å². The van der Waals surface area contributed by atoms with Gasteiger partial charge in [-0.1, -0.05) is 47.2 Å². The van der Waals surface area contributed by atoms with Crippen molar-refractivity contribution in [2.75, 3.05) is 0 Å². The van der Waals surface area contributed by atoms with Gasteiger partial charge in [0.25, 0.3) is 5.01 Å². The lowest BCUT2D eigenvalue weighted by Crippen LogP contribution is -3.00. The number of benzene rings is 2. The monoisotopic (exact) mass is 323 g/mol. The molecule has 20 heavy (non-hydrogen) atoms. The van der Waals surface area contributed by atoms with Crippen LogP contribution in [-0.4, -0.2) is 0 Å². The van der Waals surface area contributed by atoms with Crippen LogP contribution in [0.2, 0.25) is 0 Å². The van der Waals surface area contributed by atoms with Gasteiger partial charge < -0.3 is 12.4 Å². The van der Waals surface area contributed by atoms with Crippen LogP contribution in [-0.2, 0) is 6.54 Å². The molecule has 0 radical (unpaired) electrons. The Labute approximate surface area is 133 Å². The Hall–Kier alpha value is -1.09. The number of aryl methyl sites for hydroxylation is 1. The number of thiazole rings is 1. The minimum atomic E-state index is 0. The van der Waals surface area contributed by atoms with Crippen LogP contribution in [0.25, 0.3) is 27.1 Å². The Morgan fingerprint density at radius 2 is 2.00 bits per heavy atom. The van der Waals surface area contributed by atoms with Crippen LogP contribution in [0, 0.1) is 0 Å². The summed E-state index contributed by atoms with van der Waals surface area (Å²) in [6.07, 6.45) is 2.05. The fraction of sp³-hybridized carbons (Fsp3) is 0.188. The quantitative estimate of drug-likeness (QED) is 0.635. The number of rotatable bonds is 2. The molecule has 0 spiro atoms. The third kappa shape index (κ3) is 2.56. The molecule has 1 heterocycles. The normalized spacial score (nSPS) is 11.8. The fourth-order valence-corrected chi connectivity index (χ4v) is 3.88. The van der Waals surface area contributed by atoms with E-state index < -0.39 is 0 Å². The van der Waals surface area contributed by atoms with Crippen LogP contribution >= 0.6 is 22.9 Å². The van der Waals surface area contributed by atoms with Crippen LogP contribution < -0.4 is 17.0 Å². The first kappa shape index (κ1) is 15.3. The van der Waals surface area contributed by atoms with Gasteiger partial charge in [-0.2, -0.15) is 4.57 Å². The van der Waals surface area contributed by atoms with Gasteiger partial charge in [-0.05, 0) is 31.4 Å². The van der Waals surface area contributed by atoms with Crippen molar-refractivity contribution in [3.63, 3.8) is 0 Å². The number of nitrogens with zero attached hydrogens (tertiary/aromatic N) is 1. The summed E-state index contributed by atoms with van der Waals surface area (Å²) >= 11 is 7.84. The molecule has 0 amide bonds. The molecule has 3 rings (SSSR count). The molecular weight excluding hydrogens is 309 g/mol. The summed E-state index contributed by atoms with van der Waals surface area (Å²) in [7, 11) is 0. The summed E-state index contributed by atoms with van der Waals surface area (Å²) in [5.74, 6) is 0. The third-order valence-electron chi connectivity index (χ3n) is 3.25. The molecule has 0 fully saturated rings. The van der Waals surface area contributed by atoms with E-state index in [0.29, 0.717) is 0 Å². The van der Waals surface area contributed by atoms with Crippen molar-refractivity contribution in [1.29, 1.82) is 0 Å². The van der Waals surface area contributed by atoms with Gasteiger partial charge in [0, 0.05) is 11.1 Å². The summed E-state index contributed by atoms with van der Waals surface area (Å²) in [5.41, 5.74) is 1.31. The van der Waals surface area contributed by atoms with E-state index in [1.807, 2.05) is 13.0 Å². The van der Waals surface area contributed by atoms with Crippen molar-refractivity contribution in [1.82, 2.24) is 0 Å². The van der Waals surface area contributed by atoms with Crippen molar-refractivity contribution < 1.29 is 17.0 Å². The zero-order valence-corrected chi connectivity index (χ0v) is 13.7. The van der Waals surface area contributed by atoms with E-state index in [0.717, 1.165) is 11.6 Å². The molecule has 0 saturated carbocycles. The van der Waals surface area contributed by atoms with E-state index in [9.17, 15) is 0 Å². The van der Waals surface area contributed by atoms with Gasteiger partial charge in [0.15, 0.2) is 0 Å². The van der Waals surface area contributed by atoms with E-state index in [1.165, 1.54) is 26.0 Å². The predicted octanol–water partition coefficient (Wildman–Crippen LogP) is 1.97. The van der Waals surface area contributed by atoms with Crippen molar-refractivity contribution in [3.05, 3.63) is 46.4 Å². The Morgan fingerprint density at radius 3 is 2.70 bits per heavy atom. The zero-order chi connectivity index (χ0) is 13.4. The van der Waals surface area contributed by atoms with Gasteiger partial charge in [-0.15, -0.1) is 0 Å². The maximum atomic E-state index is 6.04. The molecule has 0 unspecified atom stereocenters. The number of allylic oxidation sites excluding steroid dienone is 1.